The maximum Gasteiger partial charge on any atom is 0.0541 e. The molecule has 2 aromatic heterocycles. The van der Waals surface area contributed by atoms with Gasteiger partial charge in [-0.1, -0.05) is 218 Å². The molecule has 3 heteroatoms. The third kappa shape index (κ3) is 8.28. The van der Waals surface area contributed by atoms with Crippen molar-refractivity contribution in [2.24, 2.45) is 0 Å². The van der Waals surface area contributed by atoms with Crippen LogP contribution in [0, 0.1) is 0 Å². The Labute approximate surface area is 482 Å². The highest BCUT2D eigenvalue weighted by molar-refractivity contribution is 6.13. The van der Waals surface area contributed by atoms with E-state index in [0.29, 0.717) is 0 Å². The SMILES string of the molecule is c1ccc(-c2ccc(-n3c4ccccc4c4cc(-c5cc(-c6ccc7c(c6)c6ccccc6n7-c6ccc(-c7ccccc7)cc6)cc(-c6ccc(N(c7ccccc7)c7cccc8ccccc78)c7ccccc67)c5)ccc43)cc2)cc1. The number of anilines is 3. The Morgan fingerprint density at radius 2 is 0.602 bits per heavy atom. The van der Waals surface area contributed by atoms with E-state index in [2.05, 4.69) is 336 Å². The van der Waals surface area contributed by atoms with E-state index in [1.807, 2.05) is 0 Å². The highest BCUT2D eigenvalue weighted by Gasteiger charge is 2.22. The van der Waals surface area contributed by atoms with Crippen LogP contribution in [-0.4, -0.2) is 9.13 Å². The van der Waals surface area contributed by atoms with E-state index in [0.717, 1.165) is 56.3 Å². The lowest BCUT2D eigenvalue weighted by Crippen LogP contribution is -2.11. The van der Waals surface area contributed by atoms with Gasteiger partial charge in [0, 0.05) is 49.4 Å². The minimum absolute atomic E-state index is 1.10. The first kappa shape index (κ1) is 48.0. The van der Waals surface area contributed by atoms with Gasteiger partial charge in [-0.3, -0.25) is 0 Å². The third-order valence-corrected chi connectivity index (χ3v) is 16.9. The van der Waals surface area contributed by atoms with Crippen LogP contribution in [0.15, 0.2) is 322 Å². The zero-order chi connectivity index (χ0) is 54.8. The van der Waals surface area contributed by atoms with Gasteiger partial charge in [-0.25, -0.2) is 0 Å². The van der Waals surface area contributed by atoms with Crippen LogP contribution in [-0.2, 0) is 0 Å². The average Bonchev–Trinajstić information content (AvgIpc) is 4.31. The van der Waals surface area contributed by atoms with Crippen molar-refractivity contribution >= 4 is 82.2 Å². The molecule has 0 saturated heterocycles. The maximum atomic E-state index is 2.43. The van der Waals surface area contributed by atoms with Gasteiger partial charge in [0.2, 0.25) is 0 Å². The van der Waals surface area contributed by atoms with Crippen molar-refractivity contribution in [1.82, 2.24) is 9.13 Å². The average molecular weight is 1060 g/mol. The minimum Gasteiger partial charge on any atom is -0.309 e. The van der Waals surface area contributed by atoms with Gasteiger partial charge in [0.1, 0.15) is 0 Å². The summed E-state index contributed by atoms with van der Waals surface area (Å²) >= 11 is 0. The first-order valence-electron chi connectivity index (χ1n) is 28.6. The molecule has 0 aliphatic rings. The molecule has 0 spiro atoms. The van der Waals surface area contributed by atoms with E-state index in [4.69, 9.17) is 0 Å². The topological polar surface area (TPSA) is 13.1 Å². The van der Waals surface area contributed by atoms with Crippen molar-refractivity contribution in [2.75, 3.05) is 4.90 Å². The first-order valence-corrected chi connectivity index (χ1v) is 28.6. The van der Waals surface area contributed by atoms with Crippen molar-refractivity contribution in [3.8, 4) is 67.0 Å². The number of nitrogens with zero attached hydrogens (tertiary/aromatic N) is 3. The summed E-state index contributed by atoms with van der Waals surface area (Å²) in [4.78, 5) is 2.43. The van der Waals surface area contributed by atoms with Crippen molar-refractivity contribution in [2.45, 2.75) is 0 Å². The van der Waals surface area contributed by atoms with Crippen LogP contribution in [0.2, 0.25) is 0 Å². The molecule has 16 rings (SSSR count). The zero-order valence-corrected chi connectivity index (χ0v) is 45.4. The normalized spacial score (nSPS) is 11.6. The second-order valence-electron chi connectivity index (χ2n) is 21.6. The predicted octanol–water partition coefficient (Wildman–Crippen LogP) is 22.0. The molecule has 0 saturated carbocycles. The first-order chi connectivity index (χ1) is 41.2. The lowest BCUT2D eigenvalue weighted by molar-refractivity contribution is 1.18. The summed E-state index contributed by atoms with van der Waals surface area (Å²) in [6.07, 6.45) is 0. The molecule has 0 bridgehead atoms. The van der Waals surface area contributed by atoms with Gasteiger partial charge in [-0.2, -0.15) is 0 Å². The van der Waals surface area contributed by atoms with Gasteiger partial charge in [0.25, 0.3) is 0 Å². The van der Waals surface area contributed by atoms with Crippen LogP contribution >= 0.6 is 0 Å². The smallest absolute Gasteiger partial charge is 0.0541 e. The molecule has 14 aromatic carbocycles. The Morgan fingerprint density at radius 1 is 0.205 bits per heavy atom. The van der Waals surface area contributed by atoms with E-state index in [1.165, 1.54) is 93.0 Å². The van der Waals surface area contributed by atoms with Crippen molar-refractivity contribution in [3.05, 3.63) is 322 Å². The van der Waals surface area contributed by atoms with Gasteiger partial charge in [-0.15, -0.1) is 0 Å². The molecule has 0 amide bonds. The van der Waals surface area contributed by atoms with Crippen molar-refractivity contribution < 1.29 is 0 Å². The van der Waals surface area contributed by atoms with Gasteiger partial charge >= 0.3 is 0 Å². The maximum absolute atomic E-state index is 2.43. The lowest BCUT2D eigenvalue weighted by atomic mass is 9.90. The Bertz CT molecular complexity index is 4890. The van der Waals surface area contributed by atoms with Crippen LogP contribution in [0.1, 0.15) is 0 Å². The number of aromatic nitrogens is 2. The van der Waals surface area contributed by atoms with E-state index in [9.17, 15) is 0 Å². The number of benzene rings is 14. The fourth-order valence-electron chi connectivity index (χ4n) is 13.0. The summed E-state index contributed by atoms with van der Waals surface area (Å²) < 4.78 is 4.83. The highest BCUT2D eigenvalue weighted by atomic mass is 15.1. The second kappa shape index (κ2) is 20.0. The molecule has 0 fully saturated rings. The standard InChI is InChI=1S/C80H53N3/c1-4-19-54(20-5-1)56-35-41-65(42-36-56)82-76-32-16-14-30-71(76)73-52-59(39-46-79(73)82)61-49-62(60-40-47-80-74(53-60)72-31-15-17-33-77(72)83(80)66-43-37-57(38-44-66)55-21-6-2-7-22-55)51-63(50-61)67-45-48-78(70-29-13-12-28-69(67)70)81(64-25-8-3-9-26-64)75-34-18-24-58-23-10-11-27-68(58)75/h1-53H. The Morgan fingerprint density at radius 3 is 1.16 bits per heavy atom. The zero-order valence-electron chi connectivity index (χ0n) is 45.4. The van der Waals surface area contributed by atoms with E-state index >= 15 is 0 Å². The Kier molecular flexibility index (Phi) is 11.5. The molecule has 0 unspecified atom stereocenters. The van der Waals surface area contributed by atoms with E-state index < -0.39 is 0 Å². The number of rotatable bonds is 10. The molecule has 0 N–H and O–H groups in total. The summed E-state index contributed by atoms with van der Waals surface area (Å²) in [6.45, 7) is 0. The third-order valence-electron chi connectivity index (χ3n) is 16.9. The summed E-state index contributed by atoms with van der Waals surface area (Å²) in [5.41, 5.74) is 22.1. The monoisotopic (exact) mass is 1060 g/mol. The molecule has 2 heterocycles. The molecular weight excluding hydrogens is 1000 g/mol. The van der Waals surface area contributed by atoms with Crippen LogP contribution in [0.25, 0.3) is 132 Å². The van der Waals surface area contributed by atoms with E-state index in [-0.39, 0.29) is 0 Å². The molecule has 388 valence electrons. The number of para-hydroxylation sites is 3. The summed E-state index contributed by atoms with van der Waals surface area (Å²) in [7, 11) is 0. The second-order valence-corrected chi connectivity index (χ2v) is 21.6. The van der Waals surface area contributed by atoms with Crippen LogP contribution in [0.5, 0.6) is 0 Å². The molecule has 83 heavy (non-hydrogen) atoms. The molecule has 16 aromatic rings. The number of fused-ring (bicyclic) bond motifs is 8. The summed E-state index contributed by atoms with van der Waals surface area (Å²) in [5.74, 6) is 0. The van der Waals surface area contributed by atoms with Crippen LogP contribution in [0.3, 0.4) is 0 Å². The van der Waals surface area contributed by atoms with Gasteiger partial charge in [-0.05, 0) is 170 Å². The lowest BCUT2D eigenvalue weighted by Gasteiger charge is -2.28. The predicted molar refractivity (Wildman–Crippen MR) is 352 cm³/mol. The number of hydrogen-bond donors (Lipinski definition) is 0. The molecule has 3 nitrogen and oxygen atoms in total. The highest BCUT2D eigenvalue weighted by Crippen LogP contribution is 2.46. The largest absolute Gasteiger partial charge is 0.309 e. The minimum atomic E-state index is 1.10. The quantitative estimate of drug-likeness (QED) is 0.133. The summed E-state index contributed by atoms with van der Waals surface area (Å²) in [5, 5.41) is 9.64. The summed E-state index contributed by atoms with van der Waals surface area (Å²) in [6, 6.07) is 118. The van der Waals surface area contributed by atoms with Crippen molar-refractivity contribution in [3.63, 3.8) is 0 Å². The molecule has 0 radical (unpaired) electrons. The van der Waals surface area contributed by atoms with E-state index in [1.54, 1.807) is 0 Å². The molecular formula is C80H53N3. The van der Waals surface area contributed by atoms with Crippen molar-refractivity contribution in [1.29, 1.82) is 0 Å². The fraction of sp³-hybridized carbons (Fsp3) is 0. The van der Waals surface area contributed by atoms with Gasteiger partial charge in [0.05, 0.1) is 33.4 Å². The molecule has 0 aliphatic carbocycles. The number of hydrogen-bond acceptors (Lipinski definition) is 1. The fourth-order valence-corrected chi connectivity index (χ4v) is 13.0. The Balaban J connectivity index is 0.884. The molecule has 0 aliphatic heterocycles. The molecule has 0 atom stereocenters. The van der Waals surface area contributed by atoms with Crippen LogP contribution in [0.4, 0.5) is 17.1 Å². The Hall–Kier alpha value is -11.0. The van der Waals surface area contributed by atoms with Gasteiger partial charge in [0.15, 0.2) is 0 Å². The van der Waals surface area contributed by atoms with Gasteiger partial charge < -0.3 is 14.0 Å². The van der Waals surface area contributed by atoms with Crippen LogP contribution < -0.4 is 4.90 Å².